The number of alkyl carbamates (subject to hydrolysis) is 1. The topological polar surface area (TPSA) is 209 Å². The molecule has 4 aliphatic rings. The molecule has 1 unspecified atom stereocenters. The van der Waals surface area contributed by atoms with Crippen LogP contribution in [-0.4, -0.2) is 113 Å². The van der Waals surface area contributed by atoms with Crippen molar-refractivity contribution in [1.82, 2.24) is 35.0 Å². The number of carbonyl (C=O) groups is 4. The van der Waals surface area contributed by atoms with Gasteiger partial charge in [-0.2, -0.15) is 10.1 Å². The standard InChI is InChI=1S/C38H47N7O10S/c1-37(2,3)55-36(49)40-29-13-17-53-16-6-5-8-24-21-38(24,35(48)43-56(50,51)27-10-11-27)42-32(46)30-20-26(22-44(30)34(29)47)54-33-28-12-9-25(52-4)18-23(28)19-31(41-33)45-15-7-14-39-45/h5,7-9,12,14-15,18-19,24,26-27,29-30H,6,10-11,13,16-17,20-22H2,1-4H3,(H,40,49)(H,42,46)(H,43,48)/t24-,26?,29+,30+,38-/m1/s1. The molecule has 4 amide bonds. The molecular weight excluding hydrogens is 747 g/mol. The Morgan fingerprint density at radius 3 is 2.62 bits per heavy atom. The summed E-state index contributed by atoms with van der Waals surface area (Å²) in [6, 6.07) is 6.65. The van der Waals surface area contributed by atoms with Crippen LogP contribution in [0.25, 0.3) is 16.6 Å². The maximum atomic E-state index is 14.5. The molecule has 17 nitrogen and oxygen atoms in total. The van der Waals surface area contributed by atoms with E-state index >= 15 is 0 Å². The van der Waals surface area contributed by atoms with Gasteiger partial charge in [0.25, 0.3) is 5.91 Å². The highest BCUT2D eigenvalue weighted by molar-refractivity contribution is 7.91. The Hall–Kier alpha value is -5.23. The fourth-order valence-corrected chi connectivity index (χ4v) is 8.42. The van der Waals surface area contributed by atoms with Crippen LogP contribution >= 0.6 is 0 Å². The van der Waals surface area contributed by atoms with Crippen molar-refractivity contribution in [2.75, 3.05) is 26.9 Å². The minimum absolute atomic E-state index is 0.0167. The summed E-state index contributed by atoms with van der Waals surface area (Å²) in [4.78, 5) is 61.8. The maximum Gasteiger partial charge on any atom is 0.408 e. The smallest absolute Gasteiger partial charge is 0.408 e. The van der Waals surface area contributed by atoms with Gasteiger partial charge in [-0.3, -0.25) is 19.1 Å². The fraction of sp³-hybridized carbons (Fsp3) is 0.526. The van der Waals surface area contributed by atoms with Gasteiger partial charge >= 0.3 is 6.09 Å². The van der Waals surface area contributed by atoms with Gasteiger partial charge in [-0.25, -0.2) is 17.9 Å². The third kappa shape index (κ3) is 8.60. The number of nitrogens with zero attached hydrogens (tertiary/aromatic N) is 4. The van der Waals surface area contributed by atoms with Gasteiger partial charge in [-0.05, 0) is 82.2 Å². The number of hydrogen-bond acceptors (Lipinski definition) is 12. The molecule has 3 N–H and O–H groups in total. The van der Waals surface area contributed by atoms with Crippen molar-refractivity contribution in [3.63, 3.8) is 0 Å². The van der Waals surface area contributed by atoms with E-state index in [1.807, 2.05) is 18.2 Å². The first-order valence-corrected chi connectivity index (χ1v) is 20.3. The first kappa shape index (κ1) is 39.0. The Bertz CT molecular complexity index is 2130. The van der Waals surface area contributed by atoms with Gasteiger partial charge in [-0.15, -0.1) is 0 Å². The zero-order chi connectivity index (χ0) is 39.8. The van der Waals surface area contributed by atoms with Crippen LogP contribution in [0.15, 0.2) is 54.9 Å². The molecular formula is C38H47N7O10S. The summed E-state index contributed by atoms with van der Waals surface area (Å²) in [6.07, 6.45) is 6.93. The molecule has 3 fully saturated rings. The van der Waals surface area contributed by atoms with Crippen molar-refractivity contribution in [3.05, 3.63) is 54.9 Å². The van der Waals surface area contributed by atoms with E-state index in [1.54, 1.807) is 69.2 Å². The van der Waals surface area contributed by atoms with Gasteiger partial charge < -0.3 is 34.5 Å². The van der Waals surface area contributed by atoms with Crippen molar-refractivity contribution in [3.8, 4) is 17.4 Å². The van der Waals surface area contributed by atoms with Crippen molar-refractivity contribution < 1.29 is 46.5 Å². The lowest BCUT2D eigenvalue weighted by molar-refractivity contribution is -0.141. The second-order valence-electron chi connectivity index (χ2n) is 15.6. The van der Waals surface area contributed by atoms with Crippen LogP contribution in [0.3, 0.4) is 0 Å². The quantitative estimate of drug-likeness (QED) is 0.281. The van der Waals surface area contributed by atoms with Gasteiger partial charge in [-0.1, -0.05) is 12.2 Å². The van der Waals surface area contributed by atoms with Gasteiger partial charge in [0.05, 0.1) is 25.5 Å². The lowest BCUT2D eigenvalue weighted by atomic mass is 10.1. The molecule has 5 atom stereocenters. The Labute approximate surface area is 324 Å². The van der Waals surface area contributed by atoms with E-state index in [2.05, 4.69) is 20.5 Å². The number of aromatic nitrogens is 3. The van der Waals surface area contributed by atoms with E-state index in [0.717, 1.165) is 5.39 Å². The molecule has 0 radical (unpaired) electrons. The second kappa shape index (κ2) is 15.4. The van der Waals surface area contributed by atoms with Crippen LogP contribution in [-0.2, 0) is 33.9 Å². The van der Waals surface area contributed by atoms with Crippen molar-refractivity contribution in [1.29, 1.82) is 0 Å². The first-order chi connectivity index (χ1) is 26.7. The summed E-state index contributed by atoms with van der Waals surface area (Å²) < 4.78 is 52.8. The number of amides is 4. The summed E-state index contributed by atoms with van der Waals surface area (Å²) >= 11 is 0. The molecule has 2 aliphatic carbocycles. The Kier molecular flexibility index (Phi) is 10.7. The van der Waals surface area contributed by atoms with E-state index in [0.29, 0.717) is 36.2 Å². The minimum atomic E-state index is -3.93. The molecule has 1 aromatic carbocycles. The number of fused-ring (bicyclic) bond motifs is 3. The summed E-state index contributed by atoms with van der Waals surface area (Å²) in [5, 5.41) is 10.6. The van der Waals surface area contributed by atoms with Crippen LogP contribution in [0.5, 0.6) is 11.6 Å². The summed E-state index contributed by atoms with van der Waals surface area (Å²) in [7, 11) is -2.36. The van der Waals surface area contributed by atoms with Crippen molar-refractivity contribution >= 4 is 44.6 Å². The predicted octanol–water partition coefficient (Wildman–Crippen LogP) is 2.52. The zero-order valence-corrected chi connectivity index (χ0v) is 32.5. The number of hydrogen-bond donors (Lipinski definition) is 3. The van der Waals surface area contributed by atoms with Gasteiger partial charge in [0.15, 0.2) is 5.82 Å². The number of benzene rings is 1. The van der Waals surface area contributed by atoms with Crippen LogP contribution < -0.4 is 24.8 Å². The first-order valence-electron chi connectivity index (χ1n) is 18.7. The lowest BCUT2D eigenvalue weighted by Crippen LogP contribution is -2.58. The number of nitrogens with one attached hydrogen (secondary N) is 3. The molecule has 1 saturated heterocycles. The lowest BCUT2D eigenvalue weighted by Gasteiger charge is -2.30. The number of methoxy groups -OCH3 is 1. The normalized spacial score (nSPS) is 25.9. The molecule has 0 spiro atoms. The molecule has 2 aromatic heterocycles. The van der Waals surface area contributed by atoms with E-state index in [9.17, 15) is 27.6 Å². The average Bonchev–Trinajstić information content (AvgIpc) is 4.00. The van der Waals surface area contributed by atoms with E-state index in [-0.39, 0.29) is 44.9 Å². The third-order valence-corrected chi connectivity index (χ3v) is 12.0. The SMILES string of the molecule is COc1ccc2c(OC3C[C@H]4C(=O)N[C@]5(C(=O)NS(=O)(=O)C6CC6)C[C@H]5C=CCCOCC[C@H](NC(=O)OC(C)(C)C)C(=O)N4C3)nc(-n3cccn3)cc2c1. The van der Waals surface area contributed by atoms with Crippen LogP contribution in [0.2, 0.25) is 0 Å². The van der Waals surface area contributed by atoms with Crippen LogP contribution in [0, 0.1) is 5.92 Å². The number of carbonyl (C=O) groups excluding carboxylic acids is 4. The number of ether oxygens (including phenoxy) is 4. The van der Waals surface area contributed by atoms with Gasteiger partial charge in [0.1, 0.15) is 35.1 Å². The monoisotopic (exact) mass is 793 g/mol. The number of rotatable bonds is 8. The van der Waals surface area contributed by atoms with E-state index in [4.69, 9.17) is 23.9 Å². The maximum absolute atomic E-state index is 14.5. The third-order valence-electron chi connectivity index (χ3n) is 10.2. The molecule has 56 heavy (non-hydrogen) atoms. The molecule has 3 aromatic rings. The van der Waals surface area contributed by atoms with Crippen LogP contribution in [0.4, 0.5) is 4.79 Å². The largest absolute Gasteiger partial charge is 0.497 e. The zero-order valence-electron chi connectivity index (χ0n) is 31.7. The summed E-state index contributed by atoms with van der Waals surface area (Å²) in [5.41, 5.74) is -2.41. The van der Waals surface area contributed by atoms with Gasteiger partial charge in [0, 0.05) is 43.1 Å². The highest BCUT2D eigenvalue weighted by Gasteiger charge is 2.62. The molecule has 0 bridgehead atoms. The molecule has 4 heterocycles. The highest BCUT2D eigenvalue weighted by atomic mass is 32.2. The van der Waals surface area contributed by atoms with Crippen molar-refractivity contribution in [2.24, 2.45) is 5.92 Å². The summed E-state index contributed by atoms with van der Waals surface area (Å²) in [5.74, 6) is -1.30. The average molecular weight is 794 g/mol. The Balaban J connectivity index is 1.22. The van der Waals surface area contributed by atoms with E-state index < -0.39 is 74.3 Å². The number of sulfonamides is 1. The summed E-state index contributed by atoms with van der Waals surface area (Å²) in [6.45, 7) is 5.41. The molecule has 7 rings (SSSR count). The number of pyridine rings is 1. The van der Waals surface area contributed by atoms with Gasteiger partial charge in [0.2, 0.25) is 27.7 Å². The minimum Gasteiger partial charge on any atom is -0.497 e. The Morgan fingerprint density at radius 2 is 1.91 bits per heavy atom. The van der Waals surface area contributed by atoms with E-state index in [1.165, 1.54) is 4.90 Å². The highest BCUT2D eigenvalue weighted by Crippen LogP contribution is 2.46. The Morgan fingerprint density at radius 1 is 1.11 bits per heavy atom. The van der Waals surface area contributed by atoms with Crippen molar-refractivity contribution in [2.45, 2.75) is 93.9 Å². The molecule has 300 valence electrons. The van der Waals surface area contributed by atoms with Crippen LogP contribution in [0.1, 0.15) is 59.3 Å². The second-order valence-corrected chi connectivity index (χ2v) is 17.5. The predicted molar refractivity (Wildman–Crippen MR) is 201 cm³/mol. The molecule has 2 saturated carbocycles. The molecule has 2 aliphatic heterocycles. The molecule has 18 heteroatoms. The fourth-order valence-electron chi connectivity index (χ4n) is 7.05.